The van der Waals surface area contributed by atoms with Gasteiger partial charge in [0.1, 0.15) is 5.78 Å². The first-order chi connectivity index (χ1) is 7.24. The van der Waals surface area contributed by atoms with Crippen molar-refractivity contribution < 1.29 is 9.53 Å². The van der Waals surface area contributed by atoms with E-state index in [9.17, 15) is 4.79 Å². The molecule has 1 aromatic heterocycles. The zero-order valence-electron chi connectivity index (χ0n) is 8.70. The van der Waals surface area contributed by atoms with Crippen molar-refractivity contribution >= 4 is 17.4 Å². The van der Waals surface area contributed by atoms with Crippen LogP contribution in [0.1, 0.15) is 18.9 Å². The van der Waals surface area contributed by atoms with E-state index in [1.807, 2.05) is 6.92 Å². The fourth-order valence-electron chi connectivity index (χ4n) is 1.18. The number of hydrogen-bond acceptors (Lipinski definition) is 3. The monoisotopic (exact) mass is 227 g/mol. The molecule has 0 aromatic carbocycles. The van der Waals surface area contributed by atoms with Gasteiger partial charge in [-0.15, -0.1) is 0 Å². The van der Waals surface area contributed by atoms with Gasteiger partial charge in [-0.05, 0) is 18.6 Å². The van der Waals surface area contributed by atoms with E-state index in [4.69, 9.17) is 16.3 Å². The van der Waals surface area contributed by atoms with Crippen LogP contribution in [0.3, 0.4) is 0 Å². The second-order valence-corrected chi connectivity index (χ2v) is 3.54. The summed E-state index contributed by atoms with van der Waals surface area (Å²) in [7, 11) is 0. The quantitative estimate of drug-likeness (QED) is 0.700. The van der Waals surface area contributed by atoms with E-state index in [0.717, 1.165) is 5.56 Å². The number of pyridine rings is 1. The summed E-state index contributed by atoms with van der Waals surface area (Å²) in [5.74, 6) is 0.136. The molecule has 0 spiro atoms. The molecule has 0 aliphatic heterocycles. The number of carbonyl (C=O) groups excluding carboxylic acids is 1. The highest BCUT2D eigenvalue weighted by atomic mass is 35.5. The van der Waals surface area contributed by atoms with Crippen LogP contribution in [0.15, 0.2) is 18.5 Å². The van der Waals surface area contributed by atoms with Crippen LogP contribution in [0.5, 0.6) is 0 Å². The Morgan fingerprint density at radius 3 is 3.07 bits per heavy atom. The van der Waals surface area contributed by atoms with Gasteiger partial charge in [0, 0.05) is 31.8 Å². The molecule has 1 rings (SSSR count). The van der Waals surface area contributed by atoms with Crippen molar-refractivity contribution in [3.63, 3.8) is 0 Å². The maximum absolute atomic E-state index is 11.5. The predicted octanol–water partition coefficient (Wildman–Crippen LogP) is 2.27. The summed E-state index contributed by atoms with van der Waals surface area (Å²) in [6.45, 7) is 3.03. The van der Waals surface area contributed by atoms with Crippen molar-refractivity contribution in [2.75, 3.05) is 13.2 Å². The largest absolute Gasteiger partial charge is 0.381 e. The first kappa shape index (κ1) is 12.1. The van der Waals surface area contributed by atoms with Gasteiger partial charge in [-0.25, -0.2) is 0 Å². The lowest BCUT2D eigenvalue weighted by molar-refractivity contribution is -0.119. The summed E-state index contributed by atoms with van der Waals surface area (Å²) in [5.41, 5.74) is 0.827. The number of ether oxygens (including phenoxy) is 1. The summed E-state index contributed by atoms with van der Waals surface area (Å²) < 4.78 is 5.11. The smallest absolute Gasteiger partial charge is 0.139 e. The van der Waals surface area contributed by atoms with Crippen molar-refractivity contribution in [3.8, 4) is 0 Å². The summed E-state index contributed by atoms with van der Waals surface area (Å²) in [6.07, 6.45) is 3.98. The second kappa shape index (κ2) is 6.53. The van der Waals surface area contributed by atoms with Gasteiger partial charge in [0.05, 0.1) is 11.6 Å². The van der Waals surface area contributed by atoms with Crippen LogP contribution in [0.25, 0.3) is 0 Å². The first-order valence-electron chi connectivity index (χ1n) is 4.92. The molecular formula is C11H14ClNO2. The van der Waals surface area contributed by atoms with Gasteiger partial charge in [0.15, 0.2) is 0 Å². The molecule has 0 radical (unpaired) electrons. The number of ketones is 1. The Hall–Kier alpha value is -0.930. The number of rotatable bonds is 6. The van der Waals surface area contributed by atoms with Gasteiger partial charge in [-0.1, -0.05) is 11.6 Å². The van der Waals surface area contributed by atoms with E-state index >= 15 is 0 Å². The summed E-state index contributed by atoms with van der Waals surface area (Å²) >= 11 is 5.88. The number of Topliss-reactive ketones (excluding diaryl/α,β-unsaturated/α-hetero) is 1. The average molecular weight is 228 g/mol. The van der Waals surface area contributed by atoms with Gasteiger partial charge in [-0.2, -0.15) is 0 Å². The minimum Gasteiger partial charge on any atom is -0.381 e. The molecule has 0 unspecified atom stereocenters. The number of halogens is 1. The Kier molecular flexibility index (Phi) is 5.29. The van der Waals surface area contributed by atoms with Gasteiger partial charge < -0.3 is 4.74 Å². The Bertz CT molecular complexity index is 328. The van der Waals surface area contributed by atoms with Gasteiger partial charge >= 0.3 is 0 Å². The lowest BCUT2D eigenvalue weighted by Crippen LogP contribution is -2.07. The molecule has 4 heteroatoms. The minimum atomic E-state index is 0.136. The van der Waals surface area contributed by atoms with Crippen LogP contribution >= 0.6 is 11.6 Å². The van der Waals surface area contributed by atoms with Crippen LogP contribution in [-0.2, 0) is 16.0 Å². The molecule has 0 bridgehead atoms. The third-order valence-corrected chi connectivity index (χ3v) is 2.31. The SMILES string of the molecule is CCOCCC(=O)Cc1ccncc1Cl. The van der Waals surface area contributed by atoms with Crippen molar-refractivity contribution in [1.29, 1.82) is 0 Å². The highest BCUT2D eigenvalue weighted by Gasteiger charge is 2.06. The molecule has 3 nitrogen and oxygen atoms in total. The fraction of sp³-hybridized carbons (Fsp3) is 0.455. The molecular weight excluding hydrogens is 214 g/mol. The molecule has 1 aromatic rings. The standard InChI is InChI=1S/C11H14ClNO2/c1-2-15-6-4-10(14)7-9-3-5-13-8-11(9)12/h3,5,8H,2,4,6-7H2,1H3. The Labute approximate surface area is 94.4 Å². The zero-order chi connectivity index (χ0) is 11.1. The first-order valence-corrected chi connectivity index (χ1v) is 5.29. The molecule has 0 saturated heterocycles. The highest BCUT2D eigenvalue weighted by Crippen LogP contribution is 2.14. The Balaban J connectivity index is 2.41. The van der Waals surface area contributed by atoms with Gasteiger partial charge in [0.2, 0.25) is 0 Å². The number of carbonyl (C=O) groups is 1. The number of aromatic nitrogens is 1. The predicted molar refractivity (Wildman–Crippen MR) is 59.1 cm³/mol. The van der Waals surface area contributed by atoms with Crippen molar-refractivity contribution in [2.45, 2.75) is 19.8 Å². The van der Waals surface area contributed by atoms with Crippen molar-refractivity contribution in [3.05, 3.63) is 29.0 Å². The van der Waals surface area contributed by atoms with E-state index in [1.165, 1.54) is 0 Å². The third kappa shape index (κ3) is 4.40. The Morgan fingerprint density at radius 1 is 1.60 bits per heavy atom. The fourth-order valence-corrected chi connectivity index (χ4v) is 1.36. The number of nitrogens with zero attached hydrogens (tertiary/aromatic N) is 1. The topological polar surface area (TPSA) is 39.2 Å². The van der Waals surface area contributed by atoms with Crippen LogP contribution in [0.4, 0.5) is 0 Å². The van der Waals surface area contributed by atoms with Crippen molar-refractivity contribution in [1.82, 2.24) is 4.98 Å². The Morgan fingerprint density at radius 2 is 2.40 bits per heavy atom. The molecule has 15 heavy (non-hydrogen) atoms. The van der Waals surface area contributed by atoms with Crippen LogP contribution in [0, 0.1) is 0 Å². The zero-order valence-corrected chi connectivity index (χ0v) is 9.46. The molecule has 0 aliphatic carbocycles. The number of hydrogen-bond donors (Lipinski definition) is 0. The molecule has 0 aliphatic rings. The molecule has 0 N–H and O–H groups in total. The normalized spacial score (nSPS) is 10.3. The van der Waals surface area contributed by atoms with E-state index in [2.05, 4.69) is 4.98 Å². The highest BCUT2D eigenvalue weighted by molar-refractivity contribution is 6.31. The van der Waals surface area contributed by atoms with E-state index in [0.29, 0.717) is 31.1 Å². The van der Waals surface area contributed by atoms with Crippen LogP contribution in [0.2, 0.25) is 5.02 Å². The van der Waals surface area contributed by atoms with Crippen LogP contribution in [-0.4, -0.2) is 24.0 Å². The van der Waals surface area contributed by atoms with E-state index in [-0.39, 0.29) is 5.78 Å². The summed E-state index contributed by atoms with van der Waals surface area (Å²) in [4.78, 5) is 15.3. The van der Waals surface area contributed by atoms with Gasteiger partial charge in [-0.3, -0.25) is 9.78 Å². The molecule has 0 atom stereocenters. The molecule has 0 fully saturated rings. The van der Waals surface area contributed by atoms with Crippen molar-refractivity contribution in [2.24, 2.45) is 0 Å². The third-order valence-electron chi connectivity index (χ3n) is 1.97. The van der Waals surface area contributed by atoms with E-state index < -0.39 is 0 Å². The van der Waals surface area contributed by atoms with E-state index in [1.54, 1.807) is 18.5 Å². The maximum atomic E-state index is 11.5. The lowest BCUT2D eigenvalue weighted by atomic mass is 10.1. The lowest BCUT2D eigenvalue weighted by Gasteiger charge is -2.03. The summed E-state index contributed by atoms with van der Waals surface area (Å²) in [6, 6.07) is 1.76. The molecule has 0 amide bonds. The molecule has 1 heterocycles. The molecule has 82 valence electrons. The summed E-state index contributed by atoms with van der Waals surface area (Å²) in [5, 5.41) is 0.544. The maximum Gasteiger partial charge on any atom is 0.139 e. The molecule has 0 saturated carbocycles. The average Bonchev–Trinajstić information content (AvgIpc) is 2.22. The van der Waals surface area contributed by atoms with Crippen LogP contribution < -0.4 is 0 Å². The minimum absolute atomic E-state index is 0.136. The second-order valence-electron chi connectivity index (χ2n) is 3.13. The van der Waals surface area contributed by atoms with Gasteiger partial charge in [0.25, 0.3) is 0 Å².